The number of hydrogen-bond acceptors (Lipinski definition) is 5. The molecule has 0 bridgehead atoms. The number of carbonyl (C=O) groups excluding carboxylic acids is 3. The number of nitrogens with one attached hydrogen (secondary N) is 1. The molecule has 0 atom stereocenters. The van der Waals surface area contributed by atoms with Gasteiger partial charge in [-0.3, -0.25) is 19.3 Å². The van der Waals surface area contributed by atoms with Crippen molar-refractivity contribution in [3.8, 4) is 5.75 Å². The van der Waals surface area contributed by atoms with Gasteiger partial charge in [-0.1, -0.05) is 72.8 Å². The molecule has 1 N–H and O–H groups in total. The number of aryl methyl sites for hydroxylation is 1. The molecule has 6 nitrogen and oxygen atoms in total. The predicted molar refractivity (Wildman–Crippen MR) is 147 cm³/mol. The van der Waals surface area contributed by atoms with Gasteiger partial charge in [-0.25, -0.2) is 0 Å². The first-order chi connectivity index (χ1) is 18.0. The highest BCUT2D eigenvalue weighted by Gasteiger charge is 2.36. The second-order valence-corrected chi connectivity index (χ2v) is 9.62. The summed E-state index contributed by atoms with van der Waals surface area (Å²) in [5, 5.41) is 4.61. The van der Waals surface area contributed by atoms with Gasteiger partial charge in [0.1, 0.15) is 18.9 Å². The van der Waals surface area contributed by atoms with Crippen LogP contribution in [0.4, 0.5) is 10.5 Å². The third-order valence-corrected chi connectivity index (χ3v) is 6.95. The zero-order valence-electron chi connectivity index (χ0n) is 20.1. The first-order valence-corrected chi connectivity index (χ1v) is 12.6. The molecule has 0 saturated carbocycles. The van der Waals surface area contributed by atoms with Gasteiger partial charge in [0.05, 0.1) is 4.91 Å². The van der Waals surface area contributed by atoms with Crippen molar-refractivity contribution in [2.45, 2.75) is 13.5 Å². The number of amides is 3. The molecule has 0 aliphatic carbocycles. The Morgan fingerprint density at radius 3 is 2.46 bits per heavy atom. The van der Waals surface area contributed by atoms with E-state index in [2.05, 4.69) is 23.5 Å². The number of fused-ring (bicyclic) bond motifs is 1. The van der Waals surface area contributed by atoms with E-state index in [0.717, 1.165) is 38.7 Å². The third-order valence-electron chi connectivity index (χ3n) is 6.05. The number of para-hydroxylation sites is 1. The van der Waals surface area contributed by atoms with Gasteiger partial charge < -0.3 is 10.1 Å². The molecule has 5 rings (SSSR count). The maximum atomic E-state index is 12.8. The van der Waals surface area contributed by atoms with E-state index in [1.54, 1.807) is 12.1 Å². The zero-order valence-corrected chi connectivity index (χ0v) is 21.0. The fourth-order valence-electron chi connectivity index (χ4n) is 4.07. The maximum Gasteiger partial charge on any atom is 0.294 e. The predicted octanol–water partition coefficient (Wildman–Crippen LogP) is 6.40. The molecule has 4 aromatic rings. The average molecular weight is 509 g/mol. The smallest absolute Gasteiger partial charge is 0.294 e. The molecule has 0 spiro atoms. The Kier molecular flexibility index (Phi) is 7.05. The maximum absolute atomic E-state index is 12.8. The van der Waals surface area contributed by atoms with Crippen LogP contribution in [0, 0.1) is 6.92 Å². The van der Waals surface area contributed by atoms with Crippen molar-refractivity contribution in [2.75, 3.05) is 11.9 Å². The van der Waals surface area contributed by atoms with E-state index >= 15 is 0 Å². The van der Waals surface area contributed by atoms with Gasteiger partial charge in [-0.05, 0) is 70.4 Å². The standard InChI is InChI=1S/C30H24N2O4S/c1-20-7-2-5-12-26(20)31-28(33)18-32-29(34)27(37-30(32)35)17-21-13-15-24(16-14-21)36-19-23-10-6-9-22-8-3-4-11-25(22)23/h2-17H,18-19H2,1H3,(H,31,33)/b27-17+. The van der Waals surface area contributed by atoms with Gasteiger partial charge in [0, 0.05) is 5.69 Å². The molecule has 7 heteroatoms. The van der Waals surface area contributed by atoms with Crippen molar-refractivity contribution < 1.29 is 19.1 Å². The van der Waals surface area contributed by atoms with Gasteiger partial charge in [-0.2, -0.15) is 0 Å². The number of rotatable bonds is 7. The molecule has 1 heterocycles. The second-order valence-electron chi connectivity index (χ2n) is 8.63. The molecule has 184 valence electrons. The molecule has 0 radical (unpaired) electrons. The molecule has 1 fully saturated rings. The van der Waals surface area contributed by atoms with Crippen LogP contribution < -0.4 is 10.1 Å². The summed E-state index contributed by atoms with van der Waals surface area (Å²) in [6.45, 7) is 1.97. The Balaban J connectivity index is 1.21. The molecular weight excluding hydrogens is 484 g/mol. The first kappa shape index (κ1) is 24.3. The Hall–Kier alpha value is -4.36. The molecule has 1 aliphatic rings. The second kappa shape index (κ2) is 10.7. The number of carbonyl (C=O) groups is 3. The Labute approximate surface area is 218 Å². The lowest BCUT2D eigenvalue weighted by Gasteiger charge is -2.13. The summed E-state index contributed by atoms with van der Waals surface area (Å²) < 4.78 is 5.98. The van der Waals surface area contributed by atoms with Crippen LogP contribution in [0.2, 0.25) is 0 Å². The SMILES string of the molecule is Cc1ccccc1NC(=O)CN1C(=O)S/C(=C/c2ccc(OCc3cccc4ccccc34)cc2)C1=O. The van der Waals surface area contributed by atoms with Crippen LogP contribution in [0.3, 0.4) is 0 Å². The lowest BCUT2D eigenvalue weighted by atomic mass is 10.1. The third kappa shape index (κ3) is 5.57. The topological polar surface area (TPSA) is 75.7 Å². The highest BCUT2D eigenvalue weighted by Crippen LogP contribution is 2.32. The molecule has 37 heavy (non-hydrogen) atoms. The number of anilines is 1. The lowest BCUT2D eigenvalue weighted by Crippen LogP contribution is -2.36. The summed E-state index contributed by atoms with van der Waals surface area (Å²) in [5.74, 6) is -0.206. The van der Waals surface area contributed by atoms with E-state index < -0.39 is 17.1 Å². The van der Waals surface area contributed by atoms with E-state index in [1.807, 2.05) is 73.7 Å². The van der Waals surface area contributed by atoms with Crippen LogP contribution in [0.1, 0.15) is 16.7 Å². The fraction of sp³-hybridized carbons (Fsp3) is 0.100. The van der Waals surface area contributed by atoms with Crippen molar-refractivity contribution in [3.05, 3.63) is 113 Å². The quantitative estimate of drug-likeness (QED) is 0.292. The molecule has 4 aromatic carbocycles. The minimum Gasteiger partial charge on any atom is -0.489 e. The van der Waals surface area contributed by atoms with Gasteiger partial charge in [-0.15, -0.1) is 0 Å². The first-order valence-electron chi connectivity index (χ1n) is 11.8. The molecule has 1 aliphatic heterocycles. The van der Waals surface area contributed by atoms with Crippen molar-refractivity contribution >= 4 is 51.4 Å². The minimum absolute atomic E-state index is 0.276. The van der Waals surface area contributed by atoms with Crippen LogP contribution in [-0.4, -0.2) is 28.5 Å². The fourth-order valence-corrected chi connectivity index (χ4v) is 4.91. The summed E-state index contributed by atoms with van der Waals surface area (Å²) in [6, 6.07) is 29.0. The Morgan fingerprint density at radius 1 is 0.919 bits per heavy atom. The number of nitrogens with zero attached hydrogens (tertiary/aromatic N) is 1. The Morgan fingerprint density at radius 2 is 1.65 bits per heavy atom. The Bertz CT molecular complexity index is 1520. The van der Waals surface area contributed by atoms with Crippen molar-refractivity contribution in [3.63, 3.8) is 0 Å². The van der Waals surface area contributed by atoms with E-state index in [9.17, 15) is 14.4 Å². The van der Waals surface area contributed by atoms with Crippen LogP contribution in [0.15, 0.2) is 95.9 Å². The number of thioether (sulfide) groups is 1. The van der Waals surface area contributed by atoms with Crippen LogP contribution in [-0.2, 0) is 16.2 Å². The molecule has 0 unspecified atom stereocenters. The van der Waals surface area contributed by atoms with E-state index in [0.29, 0.717) is 18.0 Å². The highest BCUT2D eigenvalue weighted by molar-refractivity contribution is 8.18. The lowest BCUT2D eigenvalue weighted by molar-refractivity contribution is -0.127. The monoisotopic (exact) mass is 508 g/mol. The summed E-state index contributed by atoms with van der Waals surface area (Å²) in [5.41, 5.74) is 3.40. The molecule has 0 aromatic heterocycles. The molecule has 3 amide bonds. The normalized spacial score (nSPS) is 14.4. The van der Waals surface area contributed by atoms with Gasteiger partial charge in [0.15, 0.2) is 0 Å². The zero-order chi connectivity index (χ0) is 25.8. The molecule has 1 saturated heterocycles. The summed E-state index contributed by atoms with van der Waals surface area (Å²) in [6.07, 6.45) is 1.65. The number of hydrogen-bond donors (Lipinski definition) is 1. The number of benzene rings is 4. The van der Waals surface area contributed by atoms with Gasteiger partial charge >= 0.3 is 0 Å². The number of ether oxygens (including phenoxy) is 1. The van der Waals surface area contributed by atoms with Gasteiger partial charge in [0.2, 0.25) is 5.91 Å². The van der Waals surface area contributed by atoms with Crippen LogP contribution in [0.5, 0.6) is 5.75 Å². The number of imide groups is 1. The van der Waals surface area contributed by atoms with Crippen LogP contribution >= 0.6 is 11.8 Å². The van der Waals surface area contributed by atoms with E-state index in [4.69, 9.17) is 4.74 Å². The van der Waals surface area contributed by atoms with Crippen LogP contribution in [0.25, 0.3) is 16.8 Å². The average Bonchev–Trinajstić information content (AvgIpc) is 3.16. The highest BCUT2D eigenvalue weighted by atomic mass is 32.2. The van der Waals surface area contributed by atoms with Gasteiger partial charge in [0.25, 0.3) is 11.1 Å². The summed E-state index contributed by atoms with van der Waals surface area (Å²) >= 11 is 0.828. The van der Waals surface area contributed by atoms with Crippen molar-refractivity contribution in [1.82, 2.24) is 4.90 Å². The molecular formula is C30H24N2O4S. The largest absolute Gasteiger partial charge is 0.489 e. The minimum atomic E-state index is -0.480. The van der Waals surface area contributed by atoms with E-state index in [1.165, 1.54) is 5.39 Å². The summed E-state index contributed by atoms with van der Waals surface area (Å²) in [7, 11) is 0. The summed E-state index contributed by atoms with van der Waals surface area (Å²) in [4.78, 5) is 38.9. The van der Waals surface area contributed by atoms with Crippen molar-refractivity contribution in [1.29, 1.82) is 0 Å². The van der Waals surface area contributed by atoms with Crippen molar-refractivity contribution in [2.24, 2.45) is 0 Å². The van der Waals surface area contributed by atoms with E-state index in [-0.39, 0.29) is 11.4 Å².